The molecule has 0 radical (unpaired) electrons. The second kappa shape index (κ2) is 7.85. The predicted octanol–water partition coefficient (Wildman–Crippen LogP) is 4.00. The van der Waals surface area contributed by atoms with Gasteiger partial charge in [-0.1, -0.05) is 42.5 Å². The highest BCUT2D eigenvalue weighted by Crippen LogP contribution is 2.22. The van der Waals surface area contributed by atoms with Crippen LogP contribution in [0.5, 0.6) is 0 Å². The zero-order valence-corrected chi connectivity index (χ0v) is 14.1. The maximum Gasteiger partial charge on any atom is 0.433 e. The molecule has 0 unspecified atom stereocenters. The summed E-state index contributed by atoms with van der Waals surface area (Å²) < 4.78 is 4.86. The Morgan fingerprint density at radius 2 is 1.92 bits per heavy atom. The lowest BCUT2D eigenvalue weighted by Gasteiger charge is -2.07. The van der Waals surface area contributed by atoms with E-state index in [1.807, 2.05) is 18.2 Å². The fraction of sp³-hybridized carbons (Fsp3) is 0.167. The van der Waals surface area contributed by atoms with Gasteiger partial charge < -0.3 is 9.73 Å². The largest absolute Gasteiger partial charge is 0.433 e. The number of nitrogens with one attached hydrogen (secondary N) is 1. The molecule has 2 aromatic carbocycles. The number of carbonyl (C=O) groups excluding carboxylic acids is 1. The monoisotopic (exact) mass is 356 g/mol. The van der Waals surface area contributed by atoms with Crippen molar-refractivity contribution in [2.45, 2.75) is 5.75 Å². The van der Waals surface area contributed by atoms with E-state index in [9.17, 15) is 14.9 Å². The van der Waals surface area contributed by atoms with Crippen molar-refractivity contribution in [3.8, 4) is 0 Å². The van der Waals surface area contributed by atoms with Gasteiger partial charge in [0.2, 0.25) is 0 Å². The minimum atomic E-state index is -0.670. The van der Waals surface area contributed by atoms with Crippen LogP contribution in [0, 0.1) is 10.1 Å². The van der Waals surface area contributed by atoms with Crippen molar-refractivity contribution in [3.63, 3.8) is 0 Å². The summed E-state index contributed by atoms with van der Waals surface area (Å²) in [5, 5.41) is 15.7. The number of thioether (sulfide) groups is 1. The van der Waals surface area contributed by atoms with Gasteiger partial charge in [0.1, 0.15) is 4.92 Å². The lowest BCUT2D eigenvalue weighted by atomic mass is 10.1. The van der Waals surface area contributed by atoms with Crippen molar-refractivity contribution in [2.24, 2.45) is 0 Å². The van der Waals surface area contributed by atoms with Crippen molar-refractivity contribution < 1.29 is 14.1 Å². The number of benzene rings is 2. The summed E-state index contributed by atoms with van der Waals surface area (Å²) in [6.45, 7) is 0.461. The van der Waals surface area contributed by atoms with E-state index in [0.717, 1.165) is 11.5 Å². The molecular weight excluding hydrogens is 340 g/mol. The highest BCUT2D eigenvalue weighted by atomic mass is 32.2. The molecule has 0 aliphatic heterocycles. The summed E-state index contributed by atoms with van der Waals surface area (Å²) in [5.74, 6) is 0.654. The quantitative estimate of drug-likeness (QED) is 0.393. The number of nitro groups is 1. The van der Waals surface area contributed by atoms with E-state index < -0.39 is 16.7 Å². The second-order valence-electron chi connectivity index (χ2n) is 5.34. The zero-order valence-electron chi connectivity index (χ0n) is 13.3. The van der Waals surface area contributed by atoms with Crippen LogP contribution in [0.1, 0.15) is 16.1 Å². The molecule has 0 fully saturated rings. The molecule has 0 spiro atoms. The number of amides is 1. The van der Waals surface area contributed by atoms with Gasteiger partial charge in [0, 0.05) is 18.1 Å². The van der Waals surface area contributed by atoms with Crippen molar-refractivity contribution in [2.75, 3.05) is 12.3 Å². The maximum absolute atomic E-state index is 11.9. The first-order valence-corrected chi connectivity index (χ1v) is 8.87. The smallest absolute Gasteiger partial charge is 0.395 e. The molecule has 0 aliphatic rings. The summed E-state index contributed by atoms with van der Waals surface area (Å²) in [6.07, 6.45) is 0. The Bertz CT molecular complexity index is 901. The number of furan rings is 1. The molecule has 128 valence electrons. The molecule has 0 bridgehead atoms. The van der Waals surface area contributed by atoms with Crippen LogP contribution in [-0.2, 0) is 5.75 Å². The number of hydrogen-bond acceptors (Lipinski definition) is 5. The fourth-order valence-corrected chi connectivity index (χ4v) is 3.33. The maximum atomic E-state index is 11.9. The molecule has 0 saturated carbocycles. The number of rotatable bonds is 7. The molecule has 0 atom stereocenters. The van der Waals surface area contributed by atoms with Crippen molar-refractivity contribution in [3.05, 3.63) is 76.0 Å². The lowest BCUT2D eigenvalue weighted by Crippen LogP contribution is -2.25. The summed E-state index contributed by atoms with van der Waals surface area (Å²) in [6, 6.07) is 17.0. The molecule has 1 N–H and O–H groups in total. The van der Waals surface area contributed by atoms with Crippen LogP contribution in [0.3, 0.4) is 0 Å². The van der Waals surface area contributed by atoms with Crippen LogP contribution in [0.2, 0.25) is 0 Å². The van der Waals surface area contributed by atoms with Crippen LogP contribution in [0.15, 0.2) is 59.0 Å². The Balaban J connectivity index is 1.46. The fourth-order valence-electron chi connectivity index (χ4n) is 2.47. The van der Waals surface area contributed by atoms with Gasteiger partial charge >= 0.3 is 5.88 Å². The predicted molar refractivity (Wildman–Crippen MR) is 97.8 cm³/mol. The van der Waals surface area contributed by atoms with Gasteiger partial charge in [0.05, 0.1) is 6.07 Å². The number of nitrogens with zero attached hydrogens (tertiary/aromatic N) is 1. The average molecular weight is 356 g/mol. The molecule has 1 heterocycles. The Morgan fingerprint density at radius 1 is 1.12 bits per heavy atom. The summed E-state index contributed by atoms with van der Waals surface area (Å²) in [4.78, 5) is 21.7. The molecule has 7 heteroatoms. The Labute approximate surface area is 148 Å². The van der Waals surface area contributed by atoms with Crippen LogP contribution in [0.25, 0.3) is 10.8 Å². The number of hydrogen-bond donors (Lipinski definition) is 1. The summed E-state index contributed by atoms with van der Waals surface area (Å²) in [7, 11) is 0. The summed E-state index contributed by atoms with van der Waals surface area (Å²) >= 11 is 1.71. The van der Waals surface area contributed by atoms with Crippen LogP contribution < -0.4 is 5.32 Å². The molecule has 1 aromatic heterocycles. The van der Waals surface area contributed by atoms with E-state index in [2.05, 4.69) is 29.6 Å². The van der Waals surface area contributed by atoms with E-state index in [1.54, 1.807) is 11.8 Å². The Morgan fingerprint density at radius 3 is 2.72 bits per heavy atom. The molecule has 1 amide bonds. The lowest BCUT2D eigenvalue weighted by molar-refractivity contribution is -0.402. The molecule has 0 aliphatic carbocycles. The molecular formula is C18H16N2O4S. The molecule has 3 aromatic rings. The minimum Gasteiger partial charge on any atom is -0.395 e. The van der Waals surface area contributed by atoms with Crippen LogP contribution in [-0.4, -0.2) is 23.1 Å². The zero-order chi connectivity index (χ0) is 17.6. The number of fused-ring (bicyclic) bond motifs is 1. The van der Waals surface area contributed by atoms with Crippen molar-refractivity contribution >= 4 is 34.3 Å². The Kier molecular flexibility index (Phi) is 5.35. The van der Waals surface area contributed by atoms with Crippen LogP contribution >= 0.6 is 11.8 Å². The van der Waals surface area contributed by atoms with Crippen molar-refractivity contribution in [1.82, 2.24) is 5.32 Å². The molecule has 3 rings (SSSR count). The molecule has 6 nitrogen and oxygen atoms in total. The Hall–Kier alpha value is -2.80. The first kappa shape index (κ1) is 17.0. The van der Waals surface area contributed by atoms with E-state index in [1.165, 1.54) is 28.5 Å². The van der Waals surface area contributed by atoms with Gasteiger partial charge in [-0.25, -0.2) is 0 Å². The highest BCUT2D eigenvalue weighted by Gasteiger charge is 2.16. The molecule has 0 saturated heterocycles. The van der Waals surface area contributed by atoms with E-state index >= 15 is 0 Å². The molecule has 25 heavy (non-hydrogen) atoms. The second-order valence-corrected chi connectivity index (χ2v) is 6.45. The summed E-state index contributed by atoms with van der Waals surface area (Å²) in [5.41, 5.74) is 1.26. The van der Waals surface area contributed by atoms with Gasteiger partial charge in [0.15, 0.2) is 5.76 Å². The third-order valence-electron chi connectivity index (χ3n) is 3.67. The van der Waals surface area contributed by atoms with E-state index in [-0.39, 0.29) is 5.76 Å². The average Bonchev–Trinajstić information content (AvgIpc) is 3.12. The third kappa shape index (κ3) is 4.19. The minimum absolute atomic E-state index is 0.0502. The SMILES string of the molecule is O=C(NCCSCc1cccc2ccccc12)c1ccc([N+](=O)[O-])o1. The first-order valence-electron chi connectivity index (χ1n) is 7.72. The normalized spacial score (nSPS) is 10.7. The van der Waals surface area contributed by atoms with Gasteiger partial charge in [-0.3, -0.25) is 14.9 Å². The van der Waals surface area contributed by atoms with Crippen LogP contribution in [0.4, 0.5) is 5.88 Å². The van der Waals surface area contributed by atoms with Gasteiger partial charge in [-0.15, -0.1) is 0 Å². The first-order chi connectivity index (χ1) is 12.1. The van der Waals surface area contributed by atoms with Gasteiger partial charge in [-0.2, -0.15) is 11.8 Å². The topological polar surface area (TPSA) is 85.4 Å². The van der Waals surface area contributed by atoms with Crippen molar-refractivity contribution in [1.29, 1.82) is 0 Å². The standard InChI is InChI=1S/C18H16N2O4S/c21-18(16-8-9-17(24-16)20(22)23)19-10-11-25-12-14-6-3-5-13-4-1-2-7-15(13)14/h1-9H,10-12H2,(H,19,21). The number of carbonyl (C=O) groups is 1. The van der Waals surface area contributed by atoms with Gasteiger partial charge in [0.25, 0.3) is 5.91 Å². The van der Waals surface area contributed by atoms with E-state index in [0.29, 0.717) is 6.54 Å². The van der Waals surface area contributed by atoms with Gasteiger partial charge in [-0.05, 0) is 22.4 Å². The van der Waals surface area contributed by atoms with E-state index in [4.69, 9.17) is 4.42 Å². The highest BCUT2D eigenvalue weighted by molar-refractivity contribution is 7.98. The third-order valence-corrected chi connectivity index (χ3v) is 4.67.